The van der Waals surface area contributed by atoms with Gasteiger partial charge >= 0.3 is 5.97 Å². The van der Waals surface area contributed by atoms with Crippen LogP contribution in [0.4, 0.5) is 5.00 Å². The quantitative estimate of drug-likeness (QED) is 0.447. The van der Waals surface area contributed by atoms with Gasteiger partial charge in [0, 0.05) is 0 Å². The molecule has 3 aromatic heterocycles. The first kappa shape index (κ1) is 23.7. The van der Waals surface area contributed by atoms with E-state index >= 15 is 0 Å². The van der Waals surface area contributed by atoms with E-state index in [1.54, 1.807) is 31.5 Å². The maximum absolute atomic E-state index is 12.8. The number of primary amides is 1. The number of hydrogen-bond donors (Lipinski definition) is 2. The summed E-state index contributed by atoms with van der Waals surface area (Å²) in [7, 11) is 0. The summed E-state index contributed by atoms with van der Waals surface area (Å²) < 4.78 is 13.6. The average Bonchev–Trinajstić information content (AvgIpc) is 3.35. The molecule has 0 aromatic carbocycles. The minimum Gasteiger partial charge on any atom is -0.459 e. The van der Waals surface area contributed by atoms with E-state index in [0.717, 1.165) is 27.2 Å². The smallest absolute Gasteiger partial charge is 0.341 e. The molecule has 2 amide bonds. The van der Waals surface area contributed by atoms with E-state index in [2.05, 4.69) is 26.3 Å². The van der Waals surface area contributed by atoms with Crippen LogP contribution in [-0.2, 0) is 11.3 Å². The van der Waals surface area contributed by atoms with Gasteiger partial charge < -0.3 is 20.2 Å². The Bertz CT molecular complexity index is 1210. The molecule has 0 radical (unpaired) electrons. The number of halogens is 1. The van der Waals surface area contributed by atoms with Gasteiger partial charge in [0.15, 0.2) is 5.76 Å². The van der Waals surface area contributed by atoms with Gasteiger partial charge in [0.05, 0.1) is 38.9 Å². The van der Waals surface area contributed by atoms with Crippen LogP contribution in [0, 0.1) is 20.8 Å². The Kier molecular flexibility index (Phi) is 6.89. The number of hydrogen-bond acceptors (Lipinski definition) is 7. The highest BCUT2D eigenvalue weighted by molar-refractivity contribution is 9.10. The minimum absolute atomic E-state index is 0.0513. The third kappa shape index (κ3) is 4.78. The number of esters is 1. The maximum Gasteiger partial charge on any atom is 0.341 e. The van der Waals surface area contributed by atoms with Gasteiger partial charge in [0.25, 0.3) is 11.8 Å². The summed E-state index contributed by atoms with van der Waals surface area (Å²) in [4.78, 5) is 37.3. The summed E-state index contributed by atoms with van der Waals surface area (Å²) in [6.07, 6.45) is -0.371. The summed E-state index contributed by atoms with van der Waals surface area (Å²) >= 11 is 4.40. The molecule has 0 aliphatic heterocycles. The topological polar surface area (TPSA) is 129 Å². The van der Waals surface area contributed by atoms with E-state index in [1.165, 1.54) is 6.07 Å². The zero-order valence-electron chi connectivity index (χ0n) is 18.2. The van der Waals surface area contributed by atoms with Crippen molar-refractivity contribution in [3.05, 3.63) is 55.5 Å². The van der Waals surface area contributed by atoms with Gasteiger partial charge in [-0.1, -0.05) is 0 Å². The molecular weight excluding hydrogens is 500 g/mol. The van der Waals surface area contributed by atoms with Gasteiger partial charge in [-0.25, -0.2) is 4.79 Å². The van der Waals surface area contributed by atoms with Crippen LogP contribution < -0.4 is 11.1 Å². The molecule has 3 rings (SSSR count). The number of nitrogens with zero attached hydrogens (tertiary/aromatic N) is 2. The number of nitrogens with one attached hydrogen (secondary N) is 1. The number of aromatic nitrogens is 2. The molecule has 0 aliphatic rings. The second kappa shape index (κ2) is 9.29. The van der Waals surface area contributed by atoms with Gasteiger partial charge in [0.1, 0.15) is 10.8 Å². The van der Waals surface area contributed by atoms with Gasteiger partial charge in [-0.05, 0) is 68.2 Å². The number of carbonyl (C=O) groups excluding carboxylic acids is 3. The number of aryl methyl sites for hydroxylation is 1. The first-order valence-electron chi connectivity index (χ1n) is 9.73. The maximum atomic E-state index is 12.8. The molecule has 11 heteroatoms. The van der Waals surface area contributed by atoms with Crippen molar-refractivity contribution in [3.63, 3.8) is 0 Å². The number of ether oxygens (including phenoxy) is 1. The van der Waals surface area contributed by atoms with Crippen LogP contribution in [0.25, 0.3) is 0 Å². The first-order valence-corrected chi connectivity index (χ1v) is 11.3. The highest BCUT2D eigenvalue weighted by Gasteiger charge is 2.27. The van der Waals surface area contributed by atoms with Crippen molar-refractivity contribution in [1.29, 1.82) is 0 Å². The average molecular weight is 523 g/mol. The standard InChI is InChI=1S/C21H23BrN4O5S/c1-9(2)30-21(29)15-10(3)17(18(23)27)32-20(15)24-19(28)14-7-6-13(31-14)8-26-12(5)16(22)11(4)25-26/h6-7,9H,8H2,1-5H3,(H2,23,27)(H,24,28). The Hall–Kier alpha value is -2.92. The lowest BCUT2D eigenvalue weighted by Crippen LogP contribution is -2.17. The number of amides is 2. The summed E-state index contributed by atoms with van der Waals surface area (Å²) in [5, 5.41) is 7.25. The number of thiophene rings is 1. The molecule has 0 spiro atoms. The molecule has 9 nitrogen and oxygen atoms in total. The predicted molar refractivity (Wildman–Crippen MR) is 123 cm³/mol. The molecule has 0 unspecified atom stereocenters. The largest absolute Gasteiger partial charge is 0.459 e. The van der Waals surface area contributed by atoms with Gasteiger partial charge in [-0.15, -0.1) is 11.3 Å². The monoisotopic (exact) mass is 522 g/mol. The Balaban J connectivity index is 1.84. The number of nitrogens with two attached hydrogens (primary N) is 1. The Morgan fingerprint density at radius 3 is 2.53 bits per heavy atom. The highest BCUT2D eigenvalue weighted by Crippen LogP contribution is 2.34. The van der Waals surface area contributed by atoms with Gasteiger partial charge in [-0.3, -0.25) is 14.3 Å². The first-order chi connectivity index (χ1) is 15.0. The second-order valence-electron chi connectivity index (χ2n) is 7.44. The SMILES string of the molecule is Cc1nn(Cc2ccc(C(=O)Nc3sc(C(N)=O)c(C)c3C(=O)OC(C)C)o2)c(C)c1Br. The fourth-order valence-electron chi connectivity index (χ4n) is 3.08. The number of rotatable bonds is 7. The van der Waals surface area contributed by atoms with E-state index in [-0.39, 0.29) is 27.3 Å². The lowest BCUT2D eigenvalue weighted by Gasteiger charge is -2.10. The molecule has 0 saturated heterocycles. The Morgan fingerprint density at radius 2 is 1.97 bits per heavy atom. The summed E-state index contributed by atoms with van der Waals surface area (Å²) in [5.41, 5.74) is 7.67. The van der Waals surface area contributed by atoms with Crippen LogP contribution >= 0.6 is 27.3 Å². The molecule has 3 N–H and O–H groups in total. The molecule has 32 heavy (non-hydrogen) atoms. The molecule has 3 heterocycles. The number of anilines is 1. The fourth-order valence-corrected chi connectivity index (χ4v) is 4.41. The molecule has 0 aliphatic carbocycles. The van der Waals surface area contributed by atoms with Crippen molar-refractivity contribution in [2.75, 3.05) is 5.32 Å². The van der Waals surface area contributed by atoms with Crippen molar-refractivity contribution in [2.45, 2.75) is 47.3 Å². The Labute approximate surface area is 197 Å². The van der Waals surface area contributed by atoms with Crippen LogP contribution in [0.15, 0.2) is 21.0 Å². The van der Waals surface area contributed by atoms with Crippen LogP contribution in [0.1, 0.15) is 67.1 Å². The van der Waals surface area contributed by atoms with Gasteiger partial charge in [-0.2, -0.15) is 5.10 Å². The van der Waals surface area contributed by atoms with E-state index in [0.29, 0.717) is 17.9 Å². The van der Waals surface area contributed by atoms with Crippen molar-refractivity contribution in [3.8, 4) is 0 Å². The lowest BCUT2D eigenvalue weighted by molar-refractivity contribution is 0.0379. The summed E-state index contributed by atoms with van der Waals surface area (Å²) in [6, 6.07) is 3.22. The normalized spacial score (nSPS) is 11.1. The molecule has 0 saturated carbocycles. The van der Waals surface area contributed by atoms with E-state index in [9.17, 15) is 14.4 Å². The zero-order valence-corrected chi connectivity index (χ0v) is 20.6. The van der Waals surface area contributed by atoms with Crippen molar-refractivity contribution < 1.29 is 23.5 Å². The van der Waals surface area contributed by atoms with Crippen molar-refractivity contribution in [1.82, 2.24) is 9.78 Å². The summed E-state index contributed by atoms with van der Waals surface area (Å²) in [6.45, 7) is 9.16. The fraction of sp³-hybridized carbons (Fsp3) is 0.333. The van der Waals surface area contributed by atoms with E-state index in [1.807, 2.05) is 13.8 Å². The van der Waals surface area contributed by atoms with Gasteiger partial charge in [0.2, 0.25) is 0 Å². The number of furan rings is 1. The molecule has 170 valence electrons. The molecule has 0 fully saturated rings. The minimum atomic E-state index is -0.692. The molecule has 0 atom stereocenters. The third-order valence-corrected chi connectivity index (χ3v) is 7.00. The van der Waals surface area contributed by atoms with Crippen LogP contribution in [0.2, 0.25) is 0 Å². The van der Waals surface area contributed by atoms with Crippen LogP contribution in [-0.4, -0.2) is 33.7 Å². The zero-order chi connectivity index (χ0) is 23.7. The lowest BCUT2D eigenvalue weighted by atomic mass is 10.1. The van der Waals surface area contributed by atoms with Crippen molar-refractivity contribution in [2.24, 2.45) is 5.73 Å². The highest BCUT2D eigenvalue weighted by atomic mass is 79.9. The Morgan fingerprint density at radius 1 is 1.28 bits per heavy atom. The molecular formula is C21H23BrN4O5S. The predicted octanol–water partition coefficient (Wildman–Crippen LogP) is 4.19. The summed E-state index contributed by atoms with van der Waals surface area (Å²) in [5.74, 6) is -1.32. The van der Waals surface area contributed by atoms with E-state index in [4.69, 9.17) is 14.9 Å². The number of carbonyl (C=O) groups is 3. The van der Waals surface area contributed by atoms with E-state index < -0.39 is 17.8 Å². The van der Waals surface area contributed by atoms with Crippen LogP contribution in [0.5, 0.6) is 0 Å². The molecule has 3 aromatic rings. The second-order valence-corrected chi connectivity index (χ2v) is 9.25. The van der Waals surface area contributed by atoms with Crippen LogP contribution in [0.3, 0.4) is 0 Å². The third-order valence-electron chi connectivity index (χ3n) is 4.63. The molecule has 0 bridgehead atoms. The van der Waals surface area contributed by atoms with Crippen molar-refractivity contribution >= 4 is 50.1 Å².